The van der Waals surface area contributed by atoms with Gasteiger partial charge in [0.2, 0.25) is 0 Å². The van der Waals surface area contributed by atoms with Gasteiger partial charge in [-0.2, -0.15) is 0 Å². The normalized spacial score (nSPS) is 12.4. The molecule has 1 atom stereocenters. The Bertz CT molecular complexity index is 428. The maximum Gasteiger partial charge on any atom is 0.136 e. The molecule has 0 radical (unpaired) electrons. The van der Waals surface area contributed by atoms with E-state index in [1.807, 2.05) is 0 Å². The van der Waals surface area contributed by atoms with Crippen molar-refractivity contribution < 1.29 is 4.90 Å². The van der Waals surface area contributed by atoms with E-state index in [0.717, 1.165) is 11.0 Å². The molecule has 0 aliphatic carbocycles. The SMILES string of the molecule is CC[NH+](c1ccc(C)cc1)c1ccc(Br)cc1. The molecule has 0 bridgehead atoms. The Balaban J connectivity index is 2.33. The van der Waals surface area contributed by atoms with E-state index in [4.69, 9.17) is 0 Å². The highest BCUT2D eigenvalue weighted by Gasteiger charge is 2.12. The minimum Gasteiger partial charge on any atom is -0.270 e. The van der Waals surface area contributed by atoms with Gasteiger partial charge in [0.25, 0.3) is 0 Å². The summed E-state index contributed by atoms with van der Waals surface area (Å²) in [7, 11) is 0. The average molecular weight is 291 g/mol. The Morgan fingerprint density at radius 2 is 1.35 bits per heavy atom. The Kier molecular flexibility index (Phi) is 3.97. The topological polar surface area (TPSA) is 4.44 Å². The zero-order valence-corrected chi connectivity index (χ0v) is 11.8. The fraction of sp³-hybridized carbons (Fsp3) is 0.200. The Labute approximate surface area is 111 Å². The summed E-state index contributed by atoms with van der Waals surface area (Å²) >= 11 is 3.47. The van der Waals surface area contributed by atoms with Gasteiger partial charge in [-0.3, -0.25) is 4.90 Å². The van der Waals surface area contributed by atoms with Crippen LogP contribution in [0.25, 0.3) is 0 Å². The first-order valence-electron chi connectivity index (χ1n) is 5.89. The number of rotatable bonds is 3. The number of aryl methyl sites for hydroxylation is 1. The third-order valence-electron chi connectivity index (χ3n) is 2.95. The van der Waals surface area contributed by atoms with Gasteiger partial charge in [0.1, 0.15) is 11.4 Å². The number of hydrogen-bond acceptors (Lipinski definition) is 0. The molecule has 1 unspecified atom stereocenters. The van der Waals surface area contributed by atoms with Crippen molar-refractivity contribution in [3.8, 4) is 0 Å². The van der Waals surface area contributed by atoms with Gasteiger partial charge < -0.3 is 0 Å². The molecule has 0 spiro atoms. The first-order chi connectivity index (χ1) is 8.20. The van der Waals surface area contributed by atoms with Gasteiger partial charge >= 0.3 is 0 Å². The molecule has 2 rings (SSSR count). The van der Waals surface area contributed by atoms with Gasteiger partial charge in [-0.25, -0.2) is 0 Å². The molecular weight excluding hydrogens is 274 g/mol. The van der Waals surface area contributed by atoms with E-state index >= 15 is 0 Å². The van der Waals surface area contributed by atoms with E-state index < -0.39 is 0 Å². The summed E-state index contributed by atoms with van der Waals surface area (Å²) in [5.74, 6) is 0. The van der Waals surface area contributed by atoms with E-state index in [1.165, 1.54) is 21.8 Å². The smallest absolute Gasteiger partial charge is 0.136 e. The highest BCUT2D eigenvalue weighted by molar-refractivity contribution is 9.10. The molecule has 17 heavy (non-hydrogen) atoms. The predicted molar refractivity (Wildman–Crippen MR) is 76.1 cm³/mol. The molecule has 0 fully saturated rings. The van der Waals surface area contributed by atoms with Crippen LogP contribution in [0.4, 0.5) is 11.4 Å². The fourth-order valence-electron chi connectivity index (χ4n) is 1.98. The van der Waals surface area contributed by atoms with E-state index in [-0.39, 0.29) is 0 Å². The minimum atomic E-state index is 1.05. The van der Waals surface area contributed by atoms with Crippen LogP contribution in [0.15, 0.2) is 53.0 Å². The number of benzene rings is 2. The Hall–Kier alpha value is -1.12. The predicted octanol–water partition coefficient (Wildman–Crippen LogP) is 3.63. The molecule has 2 aromatic carbocycles. The average Bonchev–Trinajstić information content (AvgIpc) is 2.35. The third-order valence-corrected chi connectivity index (χ3v) is 3.47. The molecule has 1 nitrogen and oxygen atoms in total. The summed E-state index contributed by atoms with van der Waals surface area (Å²) in [6.07, 6.45) is 0. The summed E-state index contributed by atoms with van der Waals surface area (Å²) in [5, 5.41) is 0. The second kappa shape index (κ2) is 5.48. The van der Waals surface area contributed by atoms with Gasteiger partial charge in [0.15, 0.2) is 0 Å². The standard InChI is InChI=1S/C15H16BrN/c1-3-17(14-8-4-12(2)5-9-14)15-10-6-13(16)7-11-15/h4-11H,3H2,1-2H3/p+1. The Morgan fingerprint density at radius 1 is 0.882 bits per heavy atom. The number of nitrogens with one attached hydrogen (secondary N) is 1. The molecule has 0 aliphatic rings. The molecule has 0 saturated carbocycles. The van der Waals surface area contributed by atoms with Gasteiger partial charge in [-0.15, -0.1) is 0 Å². The van der Waals surface area contributed by atoms with Crippen molar-refractivity contribution in [2.24, 2.45) is 0 Å². The largest absolute Gasteiger partial charge is 0.270 e. The highest BCUT2D eigenvalue weighted by atomic mass is 79.9. The molecule has 88 valence electrons. The second-order valence-electron chi connectivity index (χ2n) is 4.21. The van der Waals surface area contributed by atoms with E-state index in [1.54, 1.807) is 0 Å². The first-order valence-corrected chi connectivity index (χ1v) is 6.69. The zero-order valence-electron chi connectivity index (χ0n) is 10.2. The lowest BCUT2D eigenvalue weighted by molar-refractivity contribution is -0.757. The molecule has 1 N–H and O–H groups in total. The van der Waals surface area contributed by atoms with E-state index in [0.29, 0.717) is 0 Å². The maximum absolute atomic E-state index is 3.47. The summed E-state index contributed by atoms with van der Waals surface area (Å²) in [6.45, 7) is 5.37. The number of quaternary nitrogens is 1. The van der Waals surface area contributed by atoms with Crippen molar-refractivity contribution in [2.75, 3.05) is 6.54 Å². The van der Waals surface area contributed by atoms with Gasteiger partial charge in [-0.05, 0) is 38.1 Å². The molecule has 0 aromatic heterocycles. The zero-order chi connectivity index (χ0) is 12.3. The molecular formula is C15H17BrN+. The second-order valence-corrected chi connectivity index (χ2v) is 5.12. The van der Waals surface area contributed by atoms with Crippen molar-refractivity contribution in [1.29, 1.82) is 0 Å². The van der Waals surface area contributed by atoms with Crippen LogP contribution in [-0.2, 0) is 0 Å². The molecule has 0 amide bonds. The lowest BCUT2D eigenvalue weighted by atomic mass is 10.2. The summed E-state index contributed by atoms with van der Waals surface area (Å²) in [5.41, 5.74) is 3.93. The number of halogens is 1. The lowest BCUT2D eigenvalue weighted by Crippen LogP contribution is -3.01. The fourth-order valence-corrected chi connectivity index (χ4v) is 2.25. The van der Waals surface area contributed by atoms with Crippen LogP contribution in [-0.4, -0.2) is 6.54 Å². The van der Waals surface area contributed by atoms with Crippen LogP contribution in [0.1, 0.15) is 12.5 Å². The summed E-state index contributed by atoms with van der Waals surface area (Å²) in [4.78, 5) is 1.40. The van der Waals surface area contributed by atoms with Crippen molar-refractivity contribution in [3.63, 3.8) is 0 Å². The quantitative estimate of drug-likeness (QED) is 0.881. The van der Waals surface area contributed by atoms with Crippen LogP contribution in [0.5, 0.6) is 0 Å². The van der Waals surface area contributed by atoms with Crippen molar-refractivity contribution in [1.82, 2.24) is 0 Å². The van der Waals surface area contributed by atoms with Gasteiger partial charge in [0, 0.05) is 16.6 Å². The number of hydrogen-bond donors (Lipinski definition) is 1. The van der Waals surface area contributed by atoms with Crippen LogP contribution >= 0.6 is 15.9 Å². The first kappa shape index (κ1) is 12.3. The molecule has 0 heterocycles. The van der Waals surface area contributed by atoms with E-state index in [9.17, 15) is 0 Å². The molecule has 0 aliphatic heterocycles. The van der Waals surface area contributed by atoms with Crippen LogP contribution in [0.2, 0.25) is 0 Å². The lowest BCUT2D eigenvalue weighted by Gasteiger charge is -2.16. The van der Waals surface area contributed by atoms with Crippen molar-refractivity contribution >= 4 is 27.3 Å². The van der Waals surface area contributed by atoms with Crippen molar-refractivity contribution in [2.45, 2.75) is 13.8 Å². The van der Waals surface area contributed by atoms with Gasteiger partial charge in [0.05, 0.1) is 6.54 Å². The molecule has 0 saturated heterocycles. The van der Waals surface area contributed by atoms with Crippen molar-refractivity contribution in [3.05, 3.63) is 58.6 Å². The maximum atomic E-state index is 3.47. The Morgan fingerprint density at radius 3 is 1.82 bits per heavy atom. The van der Waals surface area contributed by atoms with Crippen LogP contribution < -0.4 is 4.90 Å². The monoisotopic (exact) mass is 290 g/mol. The van der Waals surface area contributed by atoms with Gasteiger partial charge in [-0.1, -0.05) is 33.6 Å². The summed E-state index contributed by atoms with van der Waals surface area (Å²) < 4.78 is 1.13. The van der Waals surface area contributed by atoms with Crippen LogP contribution in [0.3, 0.4) is 0 Å². The highest BCUT2D eigenvalue weighted by Crippen LogP contribution is 2.14. The molecule has 2 aromatic rings. The third kappa shape index (κ3) is 2.96. The molecule has 2 heteroatoms. The minimum absolute atomic E-state index is 1.05. The summed E-state index contributed by atoms with van der Waals surface area (Å²) in [6, 6.07) is 17.3. The van der Waals surface area contributed by atoms with E-state index in [2.05, 4.69) is 78.3 Å². The van der Waals surface area contributed by atoms with Crippen LogP contribution in [0, 0.1) is 6.92 Å².